The molecule has 1 heterocycles. The Balaban J connectivity index is 2.68. The molecular weight excluding hydrogens is 371 g/mol. The lowest BCUT2D eigenvalue weighted by Crippen LogP contribution is -2.17. The highest BCUT2D eigenvalue weighted by Gasteiger charge is 2.23. The normalized spacial score (nSPS) is 11.7. The maximum Gasteiger partial charge on any atom is 0.161 e. The Bertz CT molecular complexity index is 618. The molecule has 2 aromatic rings. The molecule has 0 aliphatic heterocycles. The minimum atomic E-state index is -0.0550. The SMILES string of the molecule is Cc1ccccc1-c1nc(Cl)c(I)c(C(C)(C)C)n1. The number of aromatic nitrogens is 2. The highest BCUT2D eigenvalue weighted by molar-refractivity contribution is 14.1. The third-order valence-electron chi connectivity index (χ3n) is 2.91. The predicted molar refractivity (Wildman–Crippen MR) is 88.6 cm³/mol. The van der Waals surface area contributed by atoms with Gasteiger partial charge in [0.2, 0.25) is 0 Å². The van der Waals surface area contributed by atoms with Crippen LogP contribution in [0.15, 0.2) is 24.3 Å². The van der Waals surface area contributed by atoms with Crippen molar-refractivity contribution in [3.8, 4) is 11.4 Å². The van der Waals surface area contributed by atoms with Crippen molar-refractivity contribution in [1.82, 2.24) is 9.97 Å². The molecule has 1 aromatic carbocycles. The van der Waals surface area contributed by atoms with Gasteiger partial charge in [0.1, 0.15) is 5.15 Å². The number of rotatable bonds is 1. The summed E-state index contributed by atoms with van der Waals surface area (Å²) in [7, 11) is 0. The van der Waals surface area contributed by atoms with Crippen LogP contribution in [-0.4, -0.2) is 9.97 Å². The van der Waals surface area contributed by atoms with Crippen LogP contribution in [0.5, 0.6) is 0 Å². The number of halogens is 2. The van der Waals surface area contributed by atoms with E-state index in [9.17, 15) is 0 Å². The third-order valence-corrected chi connectivity index (χ3v) is 4.52. The van der Waals surface area contributed by atoms with Crippen molar-refractivity contribution in [2.75, 3.05) is 0 Å². The van der Waals surface area contributed by atoms with Crippen LogP contribution in [0.25, 0.3) is 11.4 Å². The Labute approximate surface area is 132 Å². The fourth-order valence-corrected chi connectivity index (χ4v) is 3.08. The smallest absolute Gasteiger partial charge is 0.161 e. The largest absolute Gasteiger partial charge is 0.231 e. The summed E-state index contributed by atoms with van der Waals surface area (Å²) < 4.78 is 0.934. The van der Waals surface area contributed by atoms with Gasteiger partial charge in [0.15, 0.2) is 5.82 Å². The van der Waals surface area contributed by atoms with E-state index in [0.717, 1.165) is 20.4 Å². The van der Waals surface area contributed by atoms with Gasteiger partial charge in [0, 0.05) is 11.0 Å². The molecule has 0 fully saturated rings. The average molecular weight is 387 g/mol. The lowest BCUT2D eigenvalue weighted by molar-refractivity contribution is 0.563. The van der Waals surface area contributed by atoms with Crippen LogP contribution in [-0.2, 0) is 5.41 Å². The molecule has 0 unspecified atom stereocenters. The molecule has 0 saturated heterocycles. The highest BCUT2D eigenvalue weighted by atomic mass is 127. The van der Waals surface area contributed by atoms with Crippen molar-refractivity contribution in [3.63, 3.8) is 0 Å². The van der Waals surface area contributed by atoms with E-state index >= 15 is 0 Å². The first-order valence-electron chi connectivity index (χ1n) is 6.10. The fraction of sp³-hybridized carbons (Fsp3) is 0.333. The monoisotopic (exact) mass is 386 g/mol. The van der Waals surface area contributed by atoms with Gasteiger partial charge in [-0.15, -0.1) is 0 Å². The number of hydrogen-bond donors (Lipinski definition) is 0. The van der Waals surface area contributed by atoms with Crippen molar-refractivity contribution in [3.05, 3.63) is 44.2 Å². The van der Waals surface area contributed by atoms with E-state index in [1.54, 1.807) is 0 Å². The van der Waals surface area contributed by atoms with Crippen LogP contribution in [0.4, 0.5) is 0 Å². The second-order valence-corrected chi connectivity index (χ2v) is 7.00. The Hall–Kier alpha value is -0.680. The van der Waals surface area contributed by atoms with Gasteiger partial charge in [0.25, 0.3) is 0 Å². The molecule has 100 valence electrons. The summed E-state index contributed by atoms with van der Waals surface area (Å²) in [6.45, 7) is 8.46. The first kappa shape index (κ1) is 14.7. The molecular formula is C15H16ClIN2. The molecule has 19 heavy (non-hydrogen) atoms. The molecule has 0 amide bonds. The first-order valence-corrected chi connectivity index (χ1v) is 7.56. The molecule has 0 aliphatic carbocycles. The summed E-state index contributed by atoms with van der Waals surface area (Å²) in [5, 5.41) is 0.527. The van der Waals surface area contributed by atoms with Crippen molar-refractivity contribution >= 4 is 34.2 Å². The summed E-state index contributed by atoms with van der Waals surface area (Å²) in [6.07, 6.45) is 0. The van der Waals surface area contributed by atoms with Crippen molar-refractivity contribution in [1.29, 1.82) is 0 Å². The summed E-state index contributed by atoms with van der Waals surface area (Å²) >= 11 is 8.49. The summed E-state index contributed by atoms with van der Waals surface area (Å²) in [5.74, 6) is 0.702. The zero-order valence-corrected chi connectivity index (χ0v) is 14.4. The molecule has 0 atom stereocenters. The molecule has 2 nitrogen and oxygen atoms in total. The molecule has 0 aliphatic rings. The van der Waals surface area contributed by atoms with E-state index in [0.29, 0.717) is 11.0 Å². The summed E-state index contributed by atoms with van der Waals surface area (Å²) in [6, 6.07) is 8.09. The number of benzene rings is 1. The van der Waals surface area contributed by atoms with Crippen LogP contribution in [0.2, 0.25) is 5.15 Å². The minimum Gasteiger partial charge on any atom is -0.231 e. The van der Waals surface area contributed by atoms with Crippen molar-refractivity contribution in [2.24, 2.45) is 0 Å². The Kier molecular flexibility index (Phi) is 4.16. The van der Waals surface area contributed by atoms with Crippen LogP contribution < -0.4 is 0 Å². The van der Waals surface area contributed by atoms with E-state index < -0.39 is 0 Å². The second-order valence-electron chi connectivity index (χ2n) is 5.57. The quantitative estimate of drug-likeness (QED) is 0.509. The van der Waals surface area contributed by atoms with Gasteiger partial charge in [0.05, 0.1) is 9.26 Å². The minimum absolute atomic E-state index is 0.0550. The summed E-state index contributed by atoms with van der Waals surface area (Å²) in [5.41, 5.74) is 3.12. The highest BCUT2D eigenvalue weighted by Crippen LogP contribution is 2.32. The zero-order valence-electron chi connectivity index (χ0n) is 11.5. The van der Waals surface area contributed by atoms with E-state index in [-0.39, 0.29) is 5.41 Å². The van der Waals surface area contributed by atoms with Gasteiger partial charge in [-0.05, 0) is 35.1 Å². The van der Waals surface area contributed by atoms with Crippen LogP contribution in [0.1, 0.15) is 32.0 Å². The topological polar surface area (TPSA) is 25.8 Å². The van der Waals surface area contributed by atoms with Crippen LogP contribution in [0, 0.1) is 10.5 Å². The van der Waals surface area contributed by atoms with Gasteiger partial charge in [-0.25, -0.2) is 9.97 Å². The number of hydrogen-bond acceptors (Lipinski definition) is 2. The average Bonchev–Trinajstić information content (AvgIpc) is 2.31. The Morgan fingerprint density at radius 3 is 2.32 bits per heavy atom. The number of aryl methyl sites for hydroxylation is 1. The fourth-order valence-electron chi connectivity index (χ4n) is 1.86. The molecule has 1 aromatic heterocycles. The summed E-state index contributed by atoms with van der Waals surface area (Å²) in [4.78, 5) is 9.16. The lowest BCUT2D eigenvalue weighted by Gasteiger charge is -2.21. The third kappa shape index (κ3) is 3.08. The standard InChI is InChI=1S/C15H16ClIN2/c1-9-7-5-6-8-10(9)14-18-12(15(2,3)4)11(17)13(16)19-14/h5-8H,1-4H3. The van der Waals surface area contributed by atoms with E-state index in [2.05, 4.69) is 61.3 Å². The second kappa shape index (κ2) is 5.37. The van der Waals surface area contributed by atoms with Gasteiger partial charge in [-0.2, -0.15) is 0 Å². The number of nitrogens with zero attached hydrogens (tertiary/aromatic N) is 2. The van der Waals surface area contributed by atoms with E-state index in [4.69, 9.17) is 16.6 Å². The maximum absolute atomic E-state index is 6.27. The molecule has 4 heteroatoms. The van der Waals surface area contributed by atoms with Gasteiger partial charge >= 0.3 is 0 Å². The molecule has 0 radical (unpaired) electrons. The van der Waals surface area contributed by atoms with Gasteiger partial charge < -0.3 is 0 Å². The van der Waals surface area contributed by atoms with E-state index in [1.807, 2.05) is 18.2 Å². The Morgan fingerprint density at radius 2 is 1.74 bits per heavy atom. The van der Waals surface area contributed by atoms with Crippen LogP contribution >= 0.6 is 34.2 Å². The molecule has 0 N–H and O–H groups in total. The zero-order chi connectivity index (χ0) is 14.2. The van der Waals surface area contributed by atoms with Gasteiger partial charge in [-0.1, -0.05) is 56.6 Å². The first-order chi connectivity index (χ1) is 8.80. The lowest BCUT2D eigenvalue weighted by atomic mass is 9.92. The van der Waals surface area contributed by atoms with Crippen molar-refractivity contribution < 1.29 is 0 Å². The Morgan fingerprint density at radius 1 is 1.11 bits per heavy atom. The van der Waals surface area contributed by atoms with Crippen molar-refractivity contribution in [2.45, 2.75) is 33.1 Å². The molecule has 0 bridgehead atoms. The molecule has 0 saturated carbocycles. The maximum atomic E-state index is 6.27. The molecule has 2 rings (SSSR count). The molecule has 0 spiro atoms. The van der Waals surface area contributed by atoms with E-state index in [1.165, 1.54) is 0 Å². The van der Waals surface area contributed by atoms with Crippen LogP contribution in [0.3, 0.4) is 0 Å². The van der Waals surface area contributed by atoms with Gasteiger partial charge in [-0.3, -0.25) is 0 Å². The predicted octanol–water partition coefficient (Wildman–Crippen LogP) is 5.01.